The Morgan fingerprint density at radius 2 is 2.00 bits per heavy atom. The van der Waals surface area contributed by atoms with Crippen LogP contribution in [0, 0.1) is 5.92 Å². The van der Waals surface area contributed by atoms with Crippen LogP contribution in [0.25, 0.3) is 0 Å². The summed E-state index contributed by atoms with van der Waals surface area (Å²) in [4.78, 5) is 25.6. The Kier molecular flexibility index (Phi) is 6.25. The number of hydrogen-bond donors (Lipinski definition) is 2. The molecule has 1 fully saturated rings. The molecule has 2 atom stereocenters. The van der Waals surface area contributed by atoms with Crippen LogP contribution in [-0.4, -0.2) is 30.2 Å². The van der Waals surface area contributed by atoms with Crippen LogP contribution >= 0.6 is 11.8 Å². The van der Waals surface area contributed by atoms with Gasteiger partial charge in [-0.15, -0.1) is 11.8 Å². The maximum absolute atomic E-state index is 12.6. The minimum absolute atomic E-state index is 0.0781. The van der Waals surface area contributed by atoms with E-state index in [4.69, 9.17) is 4.74 Å². The van der Waals surface area contributed by atoms with E-state index in [1.165, 1.54) is 24.6 Å². The van der Waals surface area contributed by atoms with Crippen molar-refractivity contribution in [3.8, 4) is 0 Å². The van der Waals surface area contributed by atoms with Crippen molar-refractivity contribution in [3.05, 3.63) is 40.5 Å². The molecule has 0 radical (unpaired) electrons. The van der Waals surface area contributed by atoms with Crippen molar-refractivity contribution in [2.24, 2.45) is 5.92 Å². The lowest BCUT2D eigenvalue weighted by Gasteiger charge is -2.29. The average Bonchev–Trinajstić information content (AvgIpc) is 2.64. The number of benzene rings is 1. The van der Waals surface area contributed by atoms with Crippen LogP contribution in [0.2, 0.25) is 0 Å². The van der Waals surface area contributed by atoms with Crippen LogP contribution in [0.3, 0.4) is 0 Å². The monoisotopic (exact) mass is 374 g/mol. The van der Waals surface area contributed by atoms with E-state index in [2.05, 4.69) is 17.6 Å². The van der Waals surface area contributed by atoms with Crippen LogP contribution in [-0.2, 0) is 9.53 Å². The summed E-state index contributed by atoms with van der Waals surface area (Å²) in [6.45, 7) is 4.62. The molecule has 1 aromatic rings. The first-order valence-electron chi connectivity index (χ1n) is 9.23. The van der Waals surface area contributed by atoms with Crippen molar-refractivity contribution in [3.63, 3.8) is 0 Å². The molecular formula is C20H26N2O3S. The van der Waals surface area contributed by atoms with Crippen molar-refractivity contribution in [2.75, 3.05) is 17.7 Å². The Hall–Kier alpha value is -1.95. The van der Waals surface area contributed by atoms with E-state index < -0.39 is 0 Å². The molecule has 0 bridgehead atoms. The summed E-state index contributed by atoms with van der Waals surface area (Å²) in [7, 11) is 0. The molecule has 1 aliphatic carbocycles. The normalized spacial score (nSPS) is 23.2. The zero-order chi connectivity index (χ0) is 18.5. The van der Waals surface area contributed by atoms with E-state index in [1.54, 1.807) is 31.2 Å². The van der Waals surface area contributed by atoms with Crippen molar-refractivity contribution < 1.29 is 14.3 Å². The topological polar surface area (TPSA) is 67.4 Å². The van der Waals surface area contributed by atoms with Crippen molar-refractivity contribution in [1.82, 2.24) is 5.32 Å². The van der Waals surface area contributed by atoms with Crippen LogP contribution < -0.4 is 10.6 Å². The number of anilines is 1. The lowest BCUT2D eigenvalue weighted by Crippen LogP contribution is -2.41. The van der Waals surface area contributed by atoms with Gasteiger partial charge >= 0.3 is 0 Å². The first-order valence-corrected chi connectivity index (χ1v) is 10.2. The first kappa shape index (κ1) is 18.8. The van der Waals surface area contributed by atoms with Crippen LogP contribution in [0.5, 0.6) is 0 Å². The van der Waals surface area contributed by atoms with Gasteiger partial charge in [0.2, 0.25) is 0 Å². The Morgan fingerprint density at radius 1 is 1.19 bits per heavy atom. The average molecular weight is 375 g/mol. The molecule has 0 spiro atoms. The third kappa shape index (κ3) is 4.61. The number of amides is 2. The van der Waals surface area contributed by atoms with Gasteiger partial charge in [-0.25, -0.2) is 0 Å². The maximum Gasteiger partial charge on any atom is 0.265 e. The molecule has 3 rings (SSSR count). The van der Waals surface area contributed by atoms with Gasteiger partial charge in [0.1, 0.15) is 10.7 Å². The van der Waals surface area contributed by atoms with Gasteiger partial charge in [-0.3, -0.25) is 9.59 Å². The second-order valence-corrected chi connectivity index (χ2v) is 8.06. The SMILES string of the molecule is CC1=C(C(=O)Nc2cccc(C(=O)N[C@H]3CCCC[C@@H]3C)c2)SCCO1. The summed E-state index contributed by atoms with van der Waals surface area (Å²) in [6.07, 6.45) is 4.61. The third-order valence-electron chi connectivity index (χ3n) is 4.98. The van der Waals surface area contributed by atoms with E-state index >= 15 is 0 Å². The summed E-state index contributed by atoms with van der Waals surface area (Å²) in [5, 5.41) is 6.02. The fourth-order valence-corrected chi connectivity index (χ4v) is 4.25. The highest BCUT2D eigenvalue weighted by Gasteiger charge is 2.23. The summed E-state index contributed by atoms with van der Waals surface area (Å²) in [6, 6.07) is 7.33. The molecule has 1 aliphatic heterocycles. The van der Waals surface area contributed by atoms with Gasteiger partial charge < -0.3 is 15.4 Å². The molecule has 1 heterocycles. The van der Waals surface area contributed by atoms with Gasteiger partial charge in [0.15, 0.2) is 0 Å². The van der Waals surface area contributed by atoms with Crippen LogP contribution in [0.4, 0.5) is 5.69 Å². The highest BCUT2D eigenvalue weighted by molar-refractivity contribution is 8.04. The third-order valence-corrected chi connectivity index (χ3v) is 6.12. The Labute approximate surface area is 158 Å². The smallest absolute Gasteiger partial charge is 0.265 e. The number of carbonyl (C=O) groups excluding carboxylic acids is 2. The fraction of sp³-hybridized carbons (Fsp3) is 0.500. The van der Waals surface area contributed by atoms with Crippen molar-refractivity contribution in [1.29, 1.82) is 0 Å². The molecular weight excluding hydrogens is 348 g/mol. The predicted molar refractivity (Wildman–Crippen MR) is 105 cm³/mol. The molecule has 6 heteroatoms. The molecule has 2 N–H and O–H groups in total. The number of carbonyl (C=O) groups is 2. The minimum Gasteiger partial charge on any atom is -0.496 e. The van der Waals surface area contributed by atoms with Crippen molar-refractivity contribution in [2.45, 2.75) is 45.6 Å². The minimum atomic E-state index is -0.189. The number of allylic oxidation sites excluding steroid dienone is 1. The van der Waals surface area contributed by atoms with E-state index in [0.717, 1.165) is 18.6 Å². The van der Waals surface area contributed by atoms with Crippen molar-refractivity contribution >= 4 is 29.3 Å². The number of thioether (sulfide) groups is 1. The van der Waals surface area contributed by atoms with Gasteiger partial charge in [0, 0.05) is 23.0 Å². The second kappa shape index (κ2) is 8.62. The fourth-order valence-electron chi connectivity index (χ4n) is 3.44. The lowest BCUT2D eigenvalue weighted by atomic mass is 9.86. The largest absolute Gasteiger partial charge is 0.496 e. The molecule has 0 saturated heterocycles. The summed E-state index contributed by atoms with van der Waals surface area (Å²) in [5.41, 5.74) is 1.18. The highest BCUT2D eigenvalue weighted by Crippen LogP contribution is 2.27. The number of rotatable bonds is 4. The van der Waals surface area contributed by atoms with Gasteiger partial charge in [0.25, 0.3) is 11.8 Å². The van der Waals surface area contributed by atoms with E-state index in [1.807, 2.05) is 0 Å². The Morgan fingerprint density at radius 3 is 2.77 bits per heavy atom. The number of nitrogens with one attached hydrogen (secondary N) is 2. The molecule has 0 aromatic heterocycles. The van der Waals surface area contributed by atoms with Gasteiger partial charge in [-0.2, -0.15) is 0 Å². The molecule has 2 aliphatic rings. The quantitative estimate of drug-likeness (QED) is 0.838. The van der Waals surface area contributed by atoms with E-state index in [-0.39, 0.29) is 17.9 Å². The predicted octanol–water partition coefficient (Wildman–Crippen LogP) is 3.93. The molecule has 5 nitrogen and oxygen atoms in total. The number of ether oxygens (including phenoxy) is 1. The molecule has 1 saturated carbocycles. The molecule has 1 aromatic carbocycles. The van der Waals surface area contributed by atoms with E-state index in [9.17, 15) is 9.59 Å². The Bertz CT molecular complexity index is 717. The lowest BCUT2D eigenvalue weighted by molar-refractivity contribution is -0.112. The van der Waals surface area contributed by atoms with Crippen LogP contribution in [0.15, 0.2) is 34.9 Å². The molecule has 26 heavy (non-hydrogen) atoms. The molecule has 2 amide bonds. The summed E-state index contributed by atoms with van der Waals surface area (Å²) < 4.78 is 5.44. The molecule has 140 valence electrons. The second-order valence-electron chi connectivity index (χ2n) is 6.96. The summed E-state index contributed by atoms with van der Waals surface area (Å²) in [5.74, 6) is 1.66. The highest BCUT2D eigenvalue weighted by atomic mass is 32.2. The summed E-state index contributed by atoms with van der Waals surface area (Å²) >= 11 is 1.50. The number of hydrogen-bond acceptors (Lipinski definition) is 4. The zero-order valence-corrected chi connectivity index (χ0v) is 16.2. The van der Waals surface area contributed by atoms with Crippen LogP contribution in [0.1, 0.15) is 49.9 Å². The maximum atomic E-state index is 12.6. The Balaban J connectivity index is 1.66. The van der Waals surface area contributed by atoms with Gasteiger partial charge in [0.05, 0.1) is 6.61 Å². The first-order chi connectivity index (χ1) is 12.5. The zero-order valence-electron chi connectivity index (χ0n) is 15.3. The van der Waals surface area contributed by atoms with Gasteiger partial charge in [-0.05, 0) is 43.9 Å². The van der Waals surface area contributed by atoms with Gasteiger partial charge in [-0.1, -0.05) is 25.8 Å². The standard InChI is InChI=1S/C20H26N2O3S/c1-13-6-3-4-9-17(13)22-19(23)15-7-5-8-16(12-15)21-20(24)18-14(2)25-10-11-26-18/h5,7-8,12-13,17H,3-4,6,9-11H2,1-2H3,(H,21,24)(H,22,23)/t13-,17-/m0/s1. The van der Waals surface area contributed by atoms with E-state index in [0.29, 0.717) is 34.4 Å². The molecule has 0 unspecified atom stereocenters.